The number of rotatable bonds is 5. The molecule has 0 spiro atoms. The van der Waals surface area contributed by atoms with Crippen molar-refractivity contribution >= 4 is 45.6 Å². The van der Waals surface area contributed by atoms with E-state index in [2.05, 4.69) is 20.8 Å². The van der Waals surface area contributed by atoms with E-state index in [0.29, 0.717) is 17.7 Å². The van der Waals surface area contributed by atoms with Crippen LogP contribution < -0.4 is 10.6 Å². The molecule has 0 fully saturated rings. The average Bonchev–Trinajstić information content (AvgIpc) is 3.08. The minimum Gasteiger partial charge on any atom is -0.363 e. The zero-order valence-corrected chi connectivity index (χ0v) is 12.8. The smallest absolute Gasteiger partial charge is 0.228 e. The van der Waals surface area contributed by atoms with Crippen LogP contribution in [-0.4, -0.2) is 34.7 Å². The molecule has 0 saturated heterocycles. The van der Waals surface area contributed by atoms with Gasteiger partial charge >= 0.3 is 0 Å². The van der Waals surface area contributed by atoms with E-state index in [4.69, 9.17) is 0 Å². The van der Waals surface area contributed by atoms with Crippen LogP contribution in [0.3, 0.4) is 0 Å². The van der Waals surface area contributed by atoms with Gasteiger partial charge < -0.3 is 10.6 Å². The van der Waals surface area contributed by atoms with Gasteiger partial charge in [0.15, 0.2) is 10.1 Å². The van der Waals surface area contributed by atoms with Crippen LogP contribution in [-0.2, 0) is 11.2 Å². The Bertz CT molecular complexity index is 714. The SMILES string of the molecule is CNc1nnc(SCC(=O)c2ccc3c(c2)CC(=O)N3)s1. The monoisotopic (exact) mass is 320 g/mol. The maximum Gasteiger partial charge on any atom is 0.228 e. The Morgan fingerprint density at radius 1 is 1.48 bits per heavy atom. The number of nitrogens with one attached hydrogen (secondary N) is 2. The molecule has 0 bridgehead atoms. The Morgan fingerprint density at radius 2 is 2.33 bits per heavy atom. The molecule has 0 aliphatic carbocycles. The van der Waals surface area contributed by atoms with Gasteiger partial charge in [-0.1, -0.05) is 23.1 Å². The highest BCUT2D eigenvalue weighted by Crippen LogP contribution is 2.27. The van der Waals surface area contributed by atoms with E-state index in [0.717, 1.165) is 20.7 Å². The van der Waals surface area contributed by atoms with Crippen molar-refractivity contribution in [1.29, 1.82) is 0 Å². The molecule has 21 heavy (non-hydrogen) atoms. The number of carbonyl (C=O) groups excluding carboxylic acids is 2. The Morgan fingerprint density at radius 3 is 3.10 bits per heavy atom. The number of hydrogen-bond donors (Lipinski definition) is 2. The average molecular weight is 320 g/mol. The fraction of sp³-hybridized carbons (Fsp3) is 0.231. The molecule has 0 radical (unpaired) electrons. The molecule has 0 atom stereocenters. The molecule has 0 unspecified atom stereocenters. The van der Waals surface area contributed by atoms with E-state index in [-0.39, 0.29) is 11.7 Å². The first kappa shape index (κ1) is 14.0. The summed E-state index contributed by atoms with van der Waals surface area (Å²) in [7, 11) is 1.78. The molecular weight excluding hydrogens is 308 g/mol. The fourth-order valence-electron chi connectivity index (χ4n) is 1.98. The summed E-state index contributed by atoms with van der Waals surface area (Å²) in [6.07, 6.45) is 0.339. The predicted octanol–water partition coefficient (Wildman–Crippen LogP) is 2.05. The zero-order valence-electron chi connectivity index (χ0n) is 11.2. The molecule has 8 heteroatoms. The number of carbonyl (C=O) groups is 2. The van der Waals surface area contributed by atoms with E-state index >= 15 is 0 Å². The van der Waals surface area contributed by atoms with Crippen LogP contribution in [0.2, 0.25) is 0 Å². The van der Waals surface area contributed by atoms with E-state index in [1.165, 1.54) is 23.1 Å². The minimum atomic E-state index is -0.0302. The van der Waals surface area contributed by atoms with Crippen molar-refractivity contribution in [2.24, 2.45) is 0 Å². The third-order valence-electron chi connectivity index (χ3n) is 3.00. The van der Waals surface area contributed by atoms with Crippen molar-refractivity contribution in [3.63, 3.8) is 0 Å². The number of ketones is 1. The summed E-state index contributed by atoms with van der Waals surface area (Å²) in [4.78, 5) is 23.5. The van der Waals surface area contributed by atoms with Crippen LogP contribution in [0.25, 0.3) is 0 Å². The molecule has 3 rings (SSSR count). The summed E-state index contributed by atoms with van der Waals surface area (Å²) < 4.78 is 0.755. The lowest BCUT2D eigenvalue weighted by Crippen LogP contribution is -2.03. The van der Waals surface area contributed by atoms with E-state index in [9.17, 15) is 9.59 Å². The number of thioether (sulfide) groups is 1. The standard InChI is InChI=1S/C13H12N4O2S2/c1-14-12-16-17-13(21-12)20-6-10(18)7-2-3-9-8(4-7)5-11(19)15-9/h2-4H,5-6H2,1H3,(H,14,16)(H,15,19). The van der Waals surface area contributed by atoms with Crippen LogP contribution in [0.1, 0.15) is 15.9 Å². The summed E-state index contributed by atoms with van der Waals surface area (Å²) >= 11 is 2.78. The van der Waals surface area contributed by atoms with Crippen molar-refractivity contribution in [2.75, 3.05) is 23.4 Å². The number of nitrogens with zero attached hydrogens (tertiary/aromatic N) is 2. The number of hydrogen-bond acceptors (Lipinski definition) is 7. The summed E-state index contributed by atoms with van der Waals surface area (Å²) in [6.45, 7) is 0. The van der Waals surface area contributed by atoms with Crippen molar-refractivity contribution in [2.45, 2.75) is 10.8 Å². The number of aromatic nitrogens is 2. The highest BCUT2D eigenvalue weighted by Gasteiger charge is 2.19. The van der Waals surface area contributed by atoms with Gasteiger partial charge in [0.2, 0.25) is 11.0 Å². The van der Waals surface area contributed by atoms with Crippen molar-refractivity contribution in [3.8, 4) is 0 Å². The van der Waals surface area contributed by atoms with Gasteiger partial charge in [0, 0.05) is 18.3 Å². The molecule has 108 valence electrons. The Balaban J connectivity index is 1.66. The van der Waals surface area contributed by atoms with Crippen molar-refractivity contribution in [3.05, 3.63) is 29.3 Å². The highest BCUT2D eigenvalue weighted by atomic mass is 32.2. The number of amides is 1. The molecule has 6 nitrogen and oxygen atoms in total. The lowest BCUT2D eigenvalue weighted by atomic mass is 10.1. The minimum absolute atomic E-state index is 0.0170. The molecule has 1 aromatic heterocycles. The van der Waals surface area contributed by atoms with Crippen molar-refractivity contribution in [1.82, 2.24) is 10.2 Å². The van der Waals surface area contributed by atoms with E-state index in [1.54, 1.807) is 25.2 Å². The number of Topliss-reactive ketones (excluding diaryl/α,β-unsaturated/α-hetero) is 1. The van der Waals surface area contributed by atoms with Gasteiger partial charge in [0.1, 0.15) is 0 Å². The Hall–Kier alpha value is -1.93. The van der Waals surface area contributed by atoms with Crippen LogP contribution in [0.4, 0.5) is 10.8 Å². The topological polar surface area (TPSA) is 84.0 Å². The molecule has 2 N–H and O–H groups in total. The highest BCUT2D eigenvalue weighted by molar-refractivity contribution is 8.01. The predicted molar refractivity (Wildman–Crippen MR) is 83.3 cm³/mol. The quantitative estimate of drug-likeness (QED) is 0.648. The lowest BCUT2D eigenvalue weighted by molar-refractivity contribution is -0.115. The summed E-state index contributed by atoms with van der Waals surface area (Å²) in [5.74, 6) is 0.291. The number of fused-ring (bicyclic) bond motifs is 1. The summed E-state index contributed by atoms with van der Waals surface area (Å²) in [6, 6.07) is 5.31. The summed E-state index contributed by atoms with van der Waals surface area (Å²) in [5.41, 5.74) is 2.30. The number of anilines is 2. The van der Waals surface area contributed by atoms with E-state index in [1.807, 2.05) is 0 Å². The first-order valence-electron chi connectivity index (χ1n) is 6.26. The maximum atomic E-state index is 12.2. The first-order chi connectivity index (χ1) is 10.2. The van der Waals surface area contributed by atoms with Crippen LogP contribution in [0.5, 0.6) is 0 Å². The molecule has 2 aromatic rings. The summed E-state index contributed by atoms with van der Waals surface area (Å²) in [5, 5.41) is 14.3. The van der Waals surface area contributed by atoms with Gasteiger partial charge in [-0.15, -0.1) is 10.2 Å². The van der Waals surface area contributed by atoms with Gasteiger partial charge in [-0.3, -0.25) is 9.59 Å². The zero-order chi connectivity index (χ0) is 14.8. The van der Waals surface area contributed by atoms with Crippen LogP contribution in [0.15, 0.2) is 22.5 Å². The molecule has 1 amide bonds. The van der Waals surface area contributed by atoms with Crippen LogP contribution in [0, 0.1) is 0 Å². The largest absolute Gasteiger partial charge is 0.363 e. The normalized spacial score (nSPS) is 12.9. The molecule has 1 aliphatic heterocycles. The maximum absolute atomic E-state index is 12.2. The van der Waals surface area contributed by atoms with Gasteiger partial charge in [-0.05, 0) is 23.8 Å². The second-order valence-corrected chi connectivity index (χ2v) is 6.63. The molecule has 1 aromatic carbocycles. The molecule has 0 saturated carbocycles. The van der Waals surface area contributed by atoms with Crippen molar-refractivity contribution < 1.29 is 9.59 Å². The first-order valence-corrected chi connectivity index (χ1v) is 8.06. The second-order valence-electron chi connectivity index (χ2n) is 4.43. The lowest BCUT2D eigenvalue weighted by Gasteiger charge is -2.02. The Kier molecular flexibility index (Phi) is 3.89. The second kappa shape index (κ2) is 5.82. The van der Waals surface area contributed by atoms with Crippen LogP contribution >= 0.6 is 23.1 Å². The molecular formula is C13H12N4O2S2. The molecule has 1 aliphatic rings. The van der Waals surface area contributed by atoms with E-state index < -0.39 is 0 Å². The van der Waals surface area contributed by atoms with Gasteiger partial charge in [-0.25, -0.2) is 0 Å². The molecule has 2 heterocycles. The third kappa shape index (κ3) is 3.06. The van der Waals surface area contributed by atoms with Gasteiger partial charge in [-0.2, -0.15) is 0 Å². The number of benzene rings is 1. The third-order valence-corrected chi connectivity index (χ3v) is 5.07. The van der Waals surface area contributed by atoms with Gasteiger partial charge in [0.05, 0.1) is 12.2 Å². The van der Waals surface area contributed by atoms with Gasteiger partial charge in [0.25, 0.3) is 0 Å². The fourth-order valence-corrected chi connectivity index (χ4v) is 3.58. The Labute approximate surface area is 129 Å².